The number of hydrogen-bond donors (Lipinski definition) is 1. The molecule has 1 saturated heterocycles. The van der Waals surface area contributed by atoms with E-state index in [1.165, 1.54) is 12.1 Å². The van der Waals surface area contributed by atoms with Crippen molar-refractivity contribution < 1.29 is 23.0 Å². The van der Waals surface area contributed by atoms with Gasteiger partial charge in [-0.2, -0.15) is 13.2 Å². The Morgan fingerprint density at radius 2 is 1.72 bits per heavy atom. The summed E-state index contributed by atoms with van der Waals surface area (Å²) in [5.41, 5.74) is 2.16. The molecule has 4 nitrogen and oxygen atoms in total. The molecule has 0 aliphatic carbocycles. The van der Waals surface area contributed by atoms with Gasteiger partial charge in [-0.1, -0.05) is 18.2 Å². The van der Waals surface area contributed by atoms with Gasteiger partial charge in [0.05, 0.1) is 5.56 Å². The molecule has 158 valence electrons. The fourth-order valence-corrected chi connectivity index (χ4v) is 3.48. The van der Waals surface area contributed by atoms with Crippen molar-refractivity contribution >= 4 is 5.69 Å². The molecule has 1 aliphatic rings. The van der Waals surface area contributed by atoms with Crippen molar-refractivity contribution in [3.05, 3.63) is 59.2 Å². The number of piperazine rings is 1. The molecular weight excluding hydrogens is 381 g/mol. The monoisotopic (exact) mass is 408 g/mol. The second-order valence-electron chi connectivity index (χ2n) is 7.50. The van der Waals surface area contributed by atoms with Crippen LogP contribution < -0.4 is 9.64 Å². The highest BCUT2D eigenvalue weighted by Gasteiger charge is 2.31. The van der Waals surface area contributed by atoms with E-state index < -0.39 is 17.8 Å². The fourth-order valence-electron chi connectivity index (χ4n) is 3.48. The number of hydrogen-bond acceptors (Lipinski definition) is 4. The largest absolute Gasteiger partial charge is 0.491 e. The zero-order valence-electron chi connectivity index (χ0n) is 16.7. The summed E-state index contributed by atoms with van der Waals surface area (Å²) in [5, 5.41) is 10.3. The lowest BCUT2D eigenvalue weighted by atomic mass is 10.1. The van der Waals surface area contributed by atoms with E-state index in [9.17, 15) is 18.3 Å². The van der Waals surface area contributed by atoms with E-state index in [-0.39, 0.29) is 6.61 Å². The maximum Gasteiger partial charge on any atom is 0.416 e. The van der Waals surface area contributed by atoms with Gasteiger partial charge in [0, 0.05) is 38.4 Å². The van der Waals surface area contributed by atoms with E-state index in [0.29, 0.717) is 38.4 Å². The van der Waals surface area contributed by atoms with Gasteiger partial charge >= 0.3 is 6.18 Å². The lowest BCUT2D eigenvalue weighted by molar-refractivity contribution is -0.137. The van der Waals surface area contributed by atoms with Crippen LogP contribution in [0, 0.1) is 13.8 Å². The lowest BCUT2D eigenvalue weighted by Crippen LogP contribution is -2.49. The van der Waals surface area contributed by atoms with Crippen molar-refractivity contribution in [2.45, 2.75) is 26.1 Å². The third-order valence-electron chi connectivity index (χ3n) is 5.37. The van der Waals surface area contributed by atoms with Gasteiger partial charge in [0.1, 0.15) is 18.5 Å². The molecule has 1 aliphatic heterocycles. The Kier molecular flexibility index (Phi) is 6.70. The van der Waals surface area contributed by atoms with Gasteiger partial charge in [-0.15, -0.1) is 0 Å². The molecule has 1 heterocycles. The smallest absolute Gasteiger partial charge is 0.416 e. The predicted molar refractivity (Wildman–Crippen MR) is 108 cm³/mol. The predicted octanol–water partition coefficient (Wildman–Crippen LogP) is 3.88. The van der Waals surface area contributed by atoms with Gasteiger partial charge < -0.3 is 14.7 Å². The number of rotatable bonds is 6. The standard InChI is InChI=1S/C22H27F3N2O2/c1-16-5-3-8-21(17(16)2)29-15-20(28)14-26-9-11-27(12-10-26)19-7-4-6-18(13-19)22(23,24)25/h3-8,13,20,28H,9-12,14-15H2,1-2H3. The Hall–Kier alpha value is -2.25. The van der Waals surface area contributed by atoms with Crippen molar-refractivity contribution in [2.75, 3.05) is 44.2 Å². The van der Waals surface area contributed by atoms with Crippen molar-refractivity contribution in [2.24, 2.45) is 0 Å². The zero-order valence-corrected chi connectivity index (χ0v) is 16.7. The van der Waals surface area contributed by atoms with Crippen LogP contribution in [0.1, 0.15) is 16.7 Å². The topological polar surface area (TPSA) is 35.9 Å². The van der Waals surface area contributed by atoms with Crippen molar-refractivity contribution in [1.29, 1.82) is 0 Å². The maximum atomic E-state index is 12.9. The van der Waals surface area contributed by atoms with E-state index >= 15 is 0 Å². The number of β-amino-alcohol motifs (C(OH)–C–C–N with tert-alkyl or cyclic N) is 1. The number of halogens is 3. The number of alkyl halides is 3. The molecule has 2 aromatic rings. The van der Waals surface area contributed by atoms with Crippen LogP contribution in [0.2, 0.25) is 0 Å². The van der Waals surface area contributed by atoms with E-state index in [0.717, 1.165) is 22.9 Å². The second kappa shape index (κ2) is 9.05. The Morgan fingerprint density at radius 3 is 2.41 bits per heavy atom. The Bertz CT molecular complexity index is 818. The SMILES string of the molecule is Cc1cccc(OCC(O)CN2CCN(c3cccc(C(F)(F)F)c3)CC2)c1C. The minimum Gasteiger partial charge on any atom is -0.491 e. The average Bonchev–Trinajstić information content (AvgIpc) is 2.69. The van der Waals surface area contributed by atoms with E-state index in [2.05, 4.69) is 4.90 Å². The first kappa shape index (κ1) is 21.5. The highest BCUT2D eigenvalue weighted by Crippen LogP contribution is 2.31. The first-order valence-corrected chi connectivity index (χ1v) is 9.75. The summed E-state index contributed by atoms with van der Waals surface area (Å²) in [4.78, 5) is 4.06. The first-order chi connectivity index (χ1) is 13.7. The van der Waals surface area contributed by atoms with Crippen LogP contribution in [0.5, 0.6) is 5.75 Å². The van der Waals surface area contributed by atoms with Gasteiger partial charge in [0.2, 0.25) is 0 Å². The number of aliphatic hydroxyl groups is 1. The molecule has 1 unspecified atom stereocenters. The molecule has 29 heavy (non-hydrogen) atoms. The summed E-state index contributed by atoms with van der Waals surface area (Å²) in [6.45, 7) is 7.28. The molecule has 0 amide bonds. The van der Waals surface area contributed by atoms with Crippen molar-refractivity contribution in [3.8, 4) is 5.75 Å². The highest BCUT2D eigenvalue weighted by molar-refractivity contribution is 5.49. The van der Waals surface area contributed by atoms with Crippen LogP contribution in [0.25, 0.3) is 0 Å². The quantitative estimate of drug-likeness (QED) is 0.787. The Balaban J connectivity index is 1.48. The number of anilines is 1. The molecule has 3 rings (SSSR count). The summed E-state index contributed by atoms with van der Waals surface area (Å²) < 4.78 is 44.5. The fraction of sp³-hybridized carbons (Fsp3) is 0.455. The molecule has 1 N–H and O–H groups in total. The first-order valence-electron chi connectivity index (χ1n) is 9.75. The van der Waals surface area contributed by atoms with Crippen LogP contribution in [-0.4, -0.2) is 55.4 Å². The Morgan fingerprint density at radius 1 is 1.03 bits per heavy atom. The molecule has 2 aromatic carbocycles. The lowest BCUT2D eigenvalue weighted by Gasteiger charge is -2.37. The van der Waals surface area contributed by atoms with E-state index in [1.54, 1.807) is 6.07 Å². The number of nitrogens with zero attached hydrogens (tertiary/aromatic N) is 2. The van der Waals surface area contributed by atoms with Gasteiger partial charge in [0.15, 0.2) is 0 Å². The maximum absolute atomic E-state index is 12.9. The molecular formula is C22H27F3N2O2. The molecule has 0 saturated carbocycles. The summed E-state index contributed by atoms with van der Waals surface area (Å²) in [7, 11) is 0. The average molecular weight is 408 g/mol. The third-order valence-corrected chi connectivity index (χ3v) is 5.37. The zero-order chi connectivity index (χ0) is 21.0. The summed E-state index contributed by atoms with van der Waals surface area (Å²) in [5.74, 6) is 0.776. The summed E-state index contributed by atoms with van der Waals surface area (Å²) >= 11 is 0. The minimum absolute atomic E-state index is 0.206. The minimum atomic E-state index is -4.34. The summed E-state index contributed by atoms with van der Waals surface area (Å²) in [6, 6.07) is 11.3. The van der Waals surface area contributed by atoms with Gasteiger partial charge in [0.25, 0.3) is 0 Å². The number of ether oxygens (including phenoxy) is 1. The number of aliphatic hydroxyl groups excluding tert-OH is 1. The second-order valence-corrected chi connectivity index (χ2v) is 7.50. The molecule has 7 heteroatoms. The van der Waals surface area contributed by atoms with Crippen LogP contribution in [0.3, 0.4) is 0 Å². The van der Waals surface area contributed by atoms with Crippen LogP contribution in [0.15, 0.2) is 42.5 Å². The summed E-state index contributed by atoms with van der Waals surface area (Å²) in [6.07, 6.45) is -4.97. The number of benzene rings is 2. The van der Waals surface area contributed by atoms with Crippen molar-refractivity contribution in [3.63, 3.8) is 0 Å². The molecule has 1 atom stereocenters. The van der Waals surface area contributed by atoms with Gasteiger partial charge in [-0.05, 0) is 49.2 Å². The normalized spacial score (nSPS) is 16.7. The highest BCUT2D eigenvalue weighted by atomic mass is 19.4. The Labute approximate surface area is 169 Å². The van der Waals surface area contributed by atoms with Crippen LogP contribution >= 0.6 is 0 Å². The third kappa shape index (κ3) is 5.64. The van der Waals surface area contributed by atoms with E-state index in [4.69, 9.17) is 4.74 Å². The molecule has 0 spiro atoms. The molecule has 0 radical (unpaired) electrons. The van der Waals surface area contributed by atoms with E-state index in [1.807, 2.05) is 36.9 Å². The van der Waals surface area contributed by atoms with Crippen LogP contribution in [-0.2, 0) is 6.18 Å². The molecule has 0 aromatic heterocycles. The van der Waals surface area contributed by atoms with Gasteiger partial charge in [-0.25, -0.2) is 0 Å². The molecule has 0 bridgehead atoms. The number of aryl methyl sites for hydroxylation is 1. The molecule has 1 fully saturated rings. The van der Waals surface area contributed by atoms with Gasteiger partial charge in [-0.3, -0.25) is 4.90 Å². The van der Waals surface area contributed by atoms with Crippen molar-refractivity contribution in [1.82, 2.24) is 4.90 Å². The van der Waals surface area contributed by atoms with Crippen LogP contribution in [0.4, 0.5) is 18.9 Å².